The Hall–Kier alpha value is -3.17. The van der Waals surface area contributed by atoms with Crippen molar-refractivity contribution in [3.63, 3.8) is 0 Å². The molecule has 4 rings (SSSR count). The molecule has 1 amide bonds. The SMILES string of the molecule is CCC(=O)CCCCC[C@H](NC(=O)CCN1CC(OC)C1)c1ncc(-c2ccc3nccnc3c2)[nH]1. The number of rotatable bonds is 14. The van der Waals surface area contributed by atoms with Gasteiger partial charge in [0.1, 0.15) is 11.6 Å². The van der Waals surface area contributed by atoms with Gasteiger partial charge in [-0.05, 0) is 25.0 Å². The number of ketones is 1. The van der Waals surface area contributed by atoms with E-state index in [0.29, 0.717) is 25.0 Å². The number of hydrogen-bond donors (Lipinski definition) is 2. The summed E-state index contributed by atoms with van der Waals surface area (Å²) in [4.78, 5) is 43.4. The highest BCUT2D eigenvalue weighted by Crippen LogP contribution is 2.25. The smallest absolute Gasteiger partial charge is 0.221 e. The van der Waals surface area contributed by atoms with Gasteiger partial charge in [-0.15, -0.1) is 0 Å². The van der Waals surface area contributed by atoms with Crippen molar-refractivity contribution in [2.45, 2.75) is 64.0 Å². The second kappa shape index (κ2) is 12.7. The van der Waals surface area contributed by atoms with Crippen LogP contribution in [0, 0.1) is 0 Å². The van der Waals surface area contributed by atoms with Crippen LogP contribution < -0.4 is 5.32 Å². The van der Waals surface area contributed by atoms with Crippen LogP contribution in [0.15, 0.2) is 36.8 Å². The highest BCUT2D eigenvalue weighted by atomic mass is 16.5. The first-order valence-corrected chi connectivity index (χ1v) is 12.9. The van der Waals surface area contributed by atoms with Crippen LogP contribution in [0.1, 0.15) is 63.7 Å². The molecule has 1 atom stereocenters. The van der Waals surface area contributed by atoms with Gasteiger partial charge in [0.15, 0.2) is 0 Å². The lowest BCUT2D eigenvalue weighted by atomic mass is 10.0. The van der Waals surface area contributed by atoms with Crippen LogP contribution in [-0.4, -0.2) is 69.4 Å². The van der Waals surface area contributed by atoms with E-state index in [-0.39, 0.29) is 18.1 Å². The molecule has 3 aromatic rings. The number of carbonyl (C=O) groups is 2. The van der Waals surface area contributed by atoms with Gasteiger partial charge in [-0.25, -0.2) is 4.98 Å². The number of nitrogens with one attached hydrogen (secondary N) is 2. The molecule has 1 aliphatic rings. The van der Waals surface area contributed by atoms with E-state index >= 15 is 0 Å². The molecule has 1 aliphatic heterocycles. The second-order valence-corrected chi connectivity index (χ2v) is 9.42. The van der Waals surface area contributed by atoms with E-state index in [9.17, 15) is 9.59 Å². The lowest BCUT2D eigenvalue weighted by Gasteiger charge is -2.37. The number of likely N-dealkylation sites (tertiary alicyclic amines) is 1. The number of carbonyl (C=O) groups excluding carboxylic acids is 2. The minimum atomic E-state index is -0.212. The number of benzene rings is 1. The van der Waals surface area contributed by atoms with Crippen LogP contribution in [0.5, 0.6) is 0 Å². The van der Waals surface area contributed by atoms with Gasteiger partial charge in [-0.2, -0.15) is 0 Å². The molecule has 0 saturated carbocycles. The fourth-order valence-electron chi connectivity index (χ4n) is 4.47. The summed E-state index contributed by atoms with van der Waals surface area (Å²) in [6.07, 6.45) is 10.6. The van der Waals surface area contributed by atoms with Crippen molar-refractivity contribution in [1.29, 1.82) is 0 Å². The Morgan fingerprint density at radius 3 is 2.69 bits per heavy atom. The molecule has 1 aromatic carbocycles. The maximum Gasteiger partial charge on any atom is 0.221 e. The zero-order chi connectivity index (χ0) is 25.3. The number of ether oxygens (including phenoxy) is 1. The zero-order valence-corrected chi connectivity index (χ0v) is 21.2. The maximum atomic E-state index is 12.8. The number of amides is 1. The number of unbranched alkanes of at least 4 members (excludes halogenated alkanes) is 2. The first-order chi connectivity index (χ1) is 17.6. The molecule has 0 bridgehead atoms. The third-order valence-electron chi connectivity index (χ3n) is 6.80. The molecular weight excluding hydrogens is 456 g/mol. The van der Waals surface area contributed by atoms with E-state index in [1.807, 2.05) is 25.1 Å². The summed E-state index contributed by atoms with van der Waals surface area (Å²) in [7, 11) is 1.72. The van der Waals surface area contributed by atoms with E-state index < -0.39 is 0 Å². The van der Waals surface area contributed by atoms with Crippen LogP contribution in [0.2, 0.25) is 0 Å². The van der Waals surface area contributed by atoms with E-state index in [0.717, 1.165) is 73.4 Å². The highest BCUT2D eigenvalue weighted by molar-refractivity contribution is 5.80. The number of aromatic amines is 1. The van der Waals surface area contributed by atoms with E-state index in [2.05, 4.69) is 30.2 Å². The van der Waals surface area contributed by atoms with Gasteiger partial charge >= 0.3 is 0 Å². The number of hydrogen-bond acceptors (Lipinski definition) is 7. The van der Waals surface area contributed by atoms with Crippen molar-refractivity contribution in [1.82, 2.24) is 30.2 Å². The molecule has 2 aromatic heterocycles. The van der Waals surface area contributed by atoms with Crippen LogP contribution in [0.25, 0.3) is 22.3 Å². The average Bonchev–Trinajstić information content (AvgIpc) is 3.37. The standard InChI is InChI=1S/C27H36N6O3/c1-3-20(34)7-5-4-6-8-23(31-26(35)11-14-33-17-21(18-33)36-2)27-30-16-25(32-27)19-9-10-22-24(15-19)29-13-12-28-22/h9-10,12-13,15-16,21,23H,3-8,11,14,17-18H2,1-2H3,(H,30,32)(H,31,35)/t23-/m0/s1. The van der Waals surface area contributed by atoms with E-state index in [4.69, 9.17) is 4.74 Å². The number of imidazole rings is 1. The van der Waals surface area contributed by atoms with Crippen molar-refractivity contribution in [3.8, 4) is 11.3 Å². The minimum Gasteiger partial charge on any atom is -0.379 e. The van der Waals surface area contributed by atoms with Gasteiger partial charge in [-0.1, -0.05) is 25.8 Å². The number of nitrogens with zero attached hydrogens (tertiary/aromatic N) is 4. The van der Waals surface area contributed by atoms with Gasteiger partial charge in [0.05, 0.1) is 35.1 Å². The third kappa shape index (κ3) is 6.95. The molecule has 9 heteroatoms. The zero-order valence-electron chi connectivity index (χ0n) is 21.2. The molecule has 0 aliphatic carbocycles. The van der Waals surface area contributed by atoms with Crippen LogP contribution in [-0.2, 0) is 14.3 Å². The minimum absolute atomic E-state index is 0.0148. The van der Waals surface area contributed by atoms with Gasteiger partial charge in [0.25, 0.3) is 0 Å². The maximum absolute atomic E-state index is 12.8. The molecule has 9 nitrogen and oxygen atoms in total. The Morgan fingerprint density at radius 2 is 1.92 bits per heavy atom. The van der Waals surface area contributed by atoms with Crippen LogP contribution >= 0.6 is 0 Å². The van der Waals surface area contributed by atoms with Crippen molar-refractivity contribution in [2.75, 3.05) is 26.7 Å². The number of H-pyrrole nitrogens is 1. The molecule has 1 saturated heterocycles. The van der Waals surface area contributed by atoms with Crippen LogP contribution in [0.3, 0.4) is 0 Å². The van der Waals surface area contributed by atoms with Crippen molar-refractivity contribution in [2.24, 2.45) is 0 Å². The summed E-state index contributed by atoms with van der Waals surface area (Å²) < 4.78 is 5.31. The molecule has 192 valence electrons. The first-order valence-electron chi connectivity index (χ1n) is 12.9. The average molecular weight is 493 g/mol. The Bertz CT molecular complexity index is 1160. The Kier molecular flexibility index (Phi) is 9.13. The number of methoxy groups -OCH3 is 1. The summed E-state index contributed by atoms with van der Waals surface area (Å²) in [5.41, 5.74) is 3.50. The quantitative estimate of drug-likeness (QED) is 0.329. The predicted molar refractivity (Wildman–Crippen MR) is 138 cm³/mol. The molecular formula is C27H36N6O3. The Balaban J connectivity index is 1.39. The summed E-state index contributed by atoms with van der Waals surface area (Å²) in [6.45, 7) is 4.38. The van der Waals surface area contributed by atoms with Gasteiger partial charge in [-0.3, -0.25) is 24.5 Å². The lowest BCUT2D eigenvalue weighted by molar-refractivity contribution is -0.123. The molecule has 0 spiro atoms. The summed E-state index contributed by atoms with van der Waals surface area (Å²) in [5.74, 6) is 1.06. The molecule has 36 heavy (non-hydrogen) atoms. The third-order valence-corrected chi connectivity index (χ3v) is 6.80. The topological polar surface area (TPSA) is 113 Å². The number of fused-ring (bicyclic) bond motifs is 1. The van der Waals surface area contributed by atoms with Gasteiger partial charge in [0, 0.05) is 64.0 Å². The predicted octanol–water partition coefficient (Wildman–Crippen LogP) is 3.83. The Morgan fingerprint density at radius 1 is 1.11 bits per heavy atom. The first kappa shape index (κ1) is 25.9. The second-order valence-electron chi connectivity index (χ2n) is 9.42. The fourth-order valence-corrected chi connectivity index (χ4v) is 4.47. The van der Waals surface area contributed by atoms with Gasteiger partial charge < -0.3 is 15.0 Å². The summed E-state index contributed by atoms with van der Waals surface area (Å²) in [5, 5.41) is 3.19. The largest absolute Gasteiger partial charge is 0.379 e. The fraction of sp³-hybridized carbons (Fsp3) is 0.519. The molecule has 1 fully saturated rings. The summed E-state index contributed by atoms with van der Waals surface area (Å²) in [6, 6.07) is 5.71. The molecule has 0 unspecified atom stereocenters. The lowest BCUT2D eigenvalue weighted by Crippen LogP contribution is -2.52. The number of aromatic nitrogens is 4. The molecule has 3 heterocycles. The number of Topliss-reactive ketones (excluding diaryl/α,β-unsaturated/α-hetero) is 1. The van der Waals surface area contributed by atoms with Crippen molar-refractivity contribution in [3.05, 3.63) is 42.6 Å². The van der Waals surface area contributed by atoms with Crippen molar-refractivity contribution < 1.29 is 14.3 Å². The van der Waals surface area contributed by atoms with E-state index in [1.54, 1.807) is 25.7 Å². The molecule has 2 N–H and O–H groups in total. The highest BCUT2D eigenvalue weighted by Gasteiger charge is 2.26. The molecule has 0 radical (unpaired) electrons. The van der Waals surface area contributed by atoms with Crippen molar-refractivity contribution >= 4 is 22.7 Å². The summed E-state index contributed by atoms with van der Waals surface area (Å²) >= 11 is 0. The van der Waals surface area contributed by atoms with E-state index in [1.165, 1.54) is 0 Å². The normalized spacial score (nSPS) is 15.1. The van der Waals surface area contributed by atoms with Gasteiger partial charge in [0.2, 0.25) is 5.91 Å². The van der Waals surface area contributed by atoms with Crippen LogP contribution in [0.4, 0.5) is 0 Å². The Labute approximate surface area is 212 Å². The monoisotopic (exact) mass is 492 g/mol.